The van der Waals surface area contributed by atoms with E-state index in [0.717, 1.165) is 61.2 Å². The van der Waals surface area contributed by atoms with E-state index >= 15 is 0 Å². The van der Waals surface area contributed by atoms with Crippen LogP contribution in [0.1, 0.15) is 60.1 Å². The summed E-state index contributed by atoms with van der Waals surface area (Å²) >= 11 is 0. The number of rotatable bonds is 7. The number of amides is 1. The molecular formula is C21H31N3O3S. The second-order valence-corrected chi connectivity index (χ2v) is 11.1. The summed E-state index contributed by atoms with van der Waals surface area (Å²) < 4.78 is 22.6. The molecule has 1 unspecified atom stereocenters. The fraction of sp³-hybridized carbons (Fsp3) is 0.714. The van der Waals surface area contributed by atoms with Crippen LogP contribution in [0.15, 0.2) is 6.20 Å². The number of hydrogen-bond acceptors (Lipinski definition) is 5. The molecule has 0 radical (unpaired) electrons. The van der Waals surface area contributed by atoms with E-state index in [9.17, 15) is 13.2 Å². The third-order valence-electron chi connectivity index (χ3n) is 6.81. The number of carbonyl (C=O) groups is 1. The van der Waals surface area contributed by atoms with Crippen molar-refractivity contribution in [3.8, 4) is 0 Å². The molecule has 28 heavy (non-hydrogen) atoms. The summed E-state index contributed by atoms with van der Waals surface area (Å²) in [5, 5.41) is 6.37. The Kier molecular flexibility index (Phi) is 5.63. The van der Waals surface area contributed by atoms with Crippen molar-refractivity contribution in [2.75, 3.05) is 30.4 Å². The fourth-order valence-corrected chi connectivity index (χ4v) is 5.87. The summed E-state index contributed by atoms with van der Waals surface area (Å²) in [4.78, 5) is 17.1. The maximum atomic E-state index is 12.6. The van der Waals surface area contributed by atoms with E-state index in [4.69, 9.17) is 0 Å². The molecule has 1 amide bonds. The second-order valence-electron chi connectivity index (χ2n) is 8.89. The first-order chi connectivity index (χ1) is 13.4. The second kappa shape index (κ2) is 8.01. The molecule has 0 aromatic carbocycles. The largest absolute Gasteiger partial charge is 0.383 e. The molecule has 1 aromatic heterocycles. The molecule has 2 fully saturated rings. The Labute approximate surface area is 167 Å². The smallest absolute Gasteiger partial charge is 0.270 e. The number of pyridine rings is 1. The molecule has 4 rings (SSSR count). The Morgan fingerprint density at radius 1 is 1.18 bits per heavy atom. The van der Waals surface area contributed by atoms with Crippen LogP contribution in [0.25, 0.3) is 0 Å². The molecular weight excluding hydrogens is 374 g/mol. The fourth-order valence-electron chi connectivity index (χ4n) is 5.40. The summed E-state index contributed by atoms with van der Waals surface area (Å²) in [6.45, 7) is 1.13. The average molecular weight is 406 g/mol. The third kappa shape index (κ3) is 4.34. The van der Waals surface area contributed by atoms with Gasteiger partial charge in [0.1, 0.15) is 15.5 Å². The summed E-state index contributed by atoms with van der Waals surface area (Å²) in [6, 6.07) is 0. The molecule has 0 spiro atoms. The zero-order chi connectivity index (χ0) is 19.7. The van der Waals surface area contributed by atoms with Crippen LogP contribution < -0.4 is 10.6 Å². The SMILES string of the molecule is CS(=O)(=O)CCNC(=O)c1ncc(NCC2C[C@H]3CC[C@@H]2C3)c2c1CCCC2. The number of aromatic nitrogens is 1. The number of hydrogen-bond donors (Lipinski definition) is 2. The van der Waals surface area contributed by atoms with E-state index in [1.807, 2.05) is 6.20 Å². The zero-order valence-electron chi connectivity index (χ0n) is 16.7. The highest BCUT2D eigenvalue weighted by Crippen LogP contribution is 2.48. The quantitative estimate of drug-likeness (QED) is 0.728. The van der Waals surface area contributed by atoms with Crippen molar-refractivity contribution in [1.29, 1.82) is 0 Å². The van der Waals surface area contributed by atoms with Crippen LogP contribution in [0.2, 0.25) is 0 Å². The first kappa shape index (κ1) is 19.7. The van der Waals surface area contributed by atoms with Gasteiger partial charge < -0.3 is 10.6 Å². The Morgan fingerprint density at radius 2 is 1.96 bits per heavy atom. The minimum atomic E-state index is -3.09. The normalized spacial score (nSPS) is 26.1. The maximum absolute atomic E-state index is 12.6. The molecule has 2 saturated carbocycles. The first-order valence-corrected chi connectivity index (χ1v) is 12.7. The van der Waals surface area contributed by atoms with Crippen molar-refractivity contribution in [1.82, 2.24) is 10.3 Å². The van der Waals surface area contributed by atoms with Gasteiger partial charge in [-0.2, -0.15) is 0 Å². The maximum Gasteiger partial charge on any atom is 0.270 e. The minimum Gasteiger partial charge on any atom is -0.383 e. The lowest BCUT2D eigenvalue weighted by molar-refractivity contribution is 0.0950. The lowest BCUT2D eigenvalue weighted by atomic mass is 9.87. The molecule has 1 heterocycles. The van der Waals surface area contributed by atoms with E-state index < -0.39 is 9.84 Å². The summed E-state index contributed by atoms with van der Waals surface area (Å²) in [5.74, 6) is 2.30. The van der Waals surface area contributed by atoms with Crippen LogP contribution >= 0.6 is 0 Å². The van der Waals surface area contributed by atoms with Gasteiger partial charge in [0.2, 0.25) is 0 Å². The Morgan fingerprint density at radius 3 is 2.64 bits per heavy atom. The van der Waals surface area contributed by atoms with E-state index in [1.165, 1.54) is 37.5 Å². The van der Waals surface area contributed by atoms with Crippen LogP contribution in [-0.2, 0) is 22.7 Å². The van der Waals surface area contributed by atoms with Crippen LogP contribution in [-0.4, -0.2) is 44.4 Å². The standard InChI is InChI=1S/C21H31N3O3S/c1-28(26,27)9-8-22-21(25)20-18-5-3-2-4-17(18)19(13-24-20)23-12-16-11-14-6-7-15(16)10-14/h13-16,23H,2-12H2,1H3,(H,22,25)/t14-,15+,16?/m0/s1. The van der Waals surface area contributed by atoms with Crippen molar-refractivity contribution >= 4 is 21.4 Å². The predicted octanol–water partition coefficient (Wildman–Crippen LogP) is 2.58. The summed E-state index contributed by atoms with van der Waals surface area (Å²) in [6.07, 6.45) is 12.6. The Hall–Kier alpha value is -1.63. The molecule has 3 aliphatic rings. The molecule has 2 N–H and O–H groups in total. The summed E-state index contributed by atoms with van der Waals surface area (Å²) in [5.41, 5.74) is 3.83. The van der Waals surface area contributed by atoms with Crippen LogP contribution in [0, 0.1) is 17.8 Å². The van der Waals surface area contributed by atoms with Crippen molar-refractivity contribution in [3.63, 3.8) is 0 Å². The number of nitrogens with zero attached hydrogens (tertiary/aromatic N) is 1. The van der Waals surface area contributed by atoms with Crippen LogP contribution in [0.5, 0.6) is 0 Å². The highest BCUT2D eigenvalue weighted by Gasteiger charge is 2.39. The van der Waals surface area contributed by atoms with Crippen LogP contribution in [0.4, 0.5) is 5.69 Å². The van der Waals surface area contributed by atoms with Crippen molar-refractivity contribution < 1.29 is 13.2 Å². The third-order valence-corrected chi connectivity index (χ3v) is 7.76. The van der Waals surface area contributed by atoms with Gasteiger partial charge in [-0.15, -0.1) is 0 Å². The molecule has 154 valence electrons. The molecule has 3 atom stereocenters. The number of anilines is 1. The lowest BCUT2D eigenvalue weighted by Gasteiger charge is -2.25. The van der Waals surface area contributed by atoms with E-state index in [0.29, 0.717) is 5.69 Å². The van der Waals surface area contributed by atoms with Crippen molar-refractivity contribution in [3.05, 3.63) is 23.0 Å². The molecule has 2 bridgehead atoms. The van der Waals surface area contributed by atoms with Crippen LogP contribution in [0.3, 0.4) is 0 Å². The van der Waals surface area contributed by atoms with Gasteiger partial charge in [0.15, 0.2) is 0 Å². The van der Waals surface area contributed by atoms with Crippen molar-refractivity contribution in [2.24, 2.45) is 17.8 Å². The van der Waals surface area contributed by atoms with E-state index in [2.05, 4.69) is 15.6 Å². The molecule has 3 aliphatic carbocycles. The number of fused-ring (bicyclic) bond motifs is 3. The molecule has 1 aromatic rings. The van der Waals surface area contributed by atoms with Gasteiger partial charge in [-0.25, -0.2) is 13.4 Å². The highest BCUT2D eigenvalue weighted by atomic mass is 32.2. The van der Waals surface area contributed by atoms with E-state index in [1.54, 1.807) is 0 Å². The summed E-state index contributed by atoms with van der Waals surface area (Å²) in [7, 11) is -3.09. The minimum absolute atomic E-state index is 0.0515. The highest BCUT2D eigenvalue weighted by molar-refractivity contribution is 7.90. The monoisotopic (exact) mass is 405 g/mol. The van der Waals surface area contributed by atoms with Gasteiger partial charge in [0.05, 0.1) is 17.6 Å². The number of carbonyl (C=O) groups excluding carboxylic acids is 1. The number of sulfone groups is 1. The molecule has 0 aliphatic heterocycles. The van der Waals surface area contributed by atoms with Gasteiger partial charge in [0, 0.05) is 19.3 Å². The topological polar surface area (TPSA) is 88.2 Å². The van der Waals surface area contributed by atoms with Gasteiger partial charge in [-0.1, -0.05) is 6.42 Å². The van der Waals surface area contributed by atoms with Gasteiger partial charge >= 0.3 is 0 Å². The predicted molar refractivity (Wildman–Crippen MR) is 110 cm³/mol. The lowest BCUT2D eigenvalue weighted by Crippen LogP contribution is -2.31. The average Bonchev–Trinajstić information content (AvgIpc) is 3.28. The van der Waals surface area contributed by atoms with Crippen molar-refractivity contribution in [2.45, 2.75) is 51.4 Å². The van der Waals surface area contributed by atoms with Gasteiger partial charge in [-0.3, -0.25) is 4.79 Å². The molecule has 6 nitrogen and oxygen atoms in total. The number of nitrogens with one attached hydrogen (secondary N) is 2. The molecule has 0 saturated heterocycles. The van der Waals surface area contributed by atoms with Gasteiger partial charge in [-0.05, 0) is 73.8 Å². The Balaban J connectivity index is 1.45. The van der Waals surface area contributed by atoms with E-state index in [-0.39, 0.29) is 18.2 Å². The first-order valence-electron chi connectivity index (χ1n) is 10.6. The molecule has 7 heteroatoms. The van der Waals surface area contributed by atoms with Gasteiger partial charge in [0.25, 0.3) is 5.91 Å². The zero-order valence-corrected chi connectivity index (χ0v) is 17.5. The Bertz CT molecular complexity index is 853.